The second-order valence-corrected chi connectivity index (χ2v) is 7.97. The molecule has 0 aliphatic heterocycles. The van der Waals surface area contributed by atoms with Crippen molar-refractivity contribution < 1.29 is 26.4 Å². The lowest BCUT2D eigenvalue weighted by Gasteiger charge is -2.09. The van der Waals surface area contributed by atoms with Crippen molar-refractivity contribution in [2.24, 2.45) is 14.1 Å². The molecular weight excluding hydrogens is 399 g/mol. The molecule has 0 aliphatic carbocycles. The quantitative estimate of drug-likeness (QED) is 0.714. The molecule has 11 heteroatoms. The third kappa shape index (κ3) is 3.17. The van der Waals surface area contributed by atoms with Crippen molar-refractivity contribution in [2.75, 3.05) is 5.32 Å². The van der Waals surface area contributed by atoms with Gasteiger partial charge in [-0.3, -0.25) is 13.9 Å². The summed E-state index contributed by atoms with van der Waals surface area (Å²) in [5.74, 6) is -0.642. The van der Waals surface area contributed by atoms with Crippen LogP contribution in [0.5, 0.6) is 0 Å². The number of carbonyl (C=O) groups excluding carboxylic acids is 1. The van der Waals surface area contributed by atoms with Gasteiger partial charge in [0.25, 0.3) is 15.7 Å². The van der Waals surface area contributed by atoms with E-state index in [9.17, 15) is 31.2 Å². The Hall–Kier alpha value is -3.08. The number of imidazole rings is 1. The average molecular weight is 413 g/mol. The number of carbonyl (C=O) groups is 1. The highest BCUT2D eigenvalue weighted by atomic mass is 32.2. The molecule has 0 unspecified atom stereocenters. The number of amides is 1. The van der Waals surface area contributed by atoms with Gasteiger partial charge in [0.05, 0.1) is 15.9 Å². The summed E-state index contributed by atoms with van der Waals surface area (Å²) in [6.07, 6.45) is 0. The van der Waals surface area contributed by atoms with E-state index in [0.717, 1.165) is 24.3 Å². The maximum Gasteiger partial charge on any atom is 0.501 e. The highest BCUT2D eigenvalue weighted by molar-refractivity contribution is 7.92. The number of hydrogen-bond acceptors (Lipinski definition) is 4. The fourth-order valence-electron chi connectivity index (χ4n) is 2.71. The lowest BCUT2D eigenvalue weighted by Crippen LogP contribution is -2.23. The van der Waals surface area contributed by atoms with Crippen LogP contribution in [0.1, 0.15) is 10.4 Å². The van der Waals surface area contributed by atoms with Crippen LogP contribution in [0.3, 0.4) is 0 Å². The smallest absolute Gasteiger partial charge is 0.322 e. The number of nitrogens with zero attached hydrogens (tertiary/aromatic N) is 2. The van der Waals surface area contributed by atoms with E-state index >= 15 is 0 Å². The number of sulfone groups is 1. The zero-order valence-electron chi connectivity index (χ0n) is 14.6. The second kappa shape index (κ2) is 6.51. The van der Waals surface area contributed by atoms with E-state index < -0.39 is 26.1 Å². The van der Waals surface area contributed by atoms with E-state index in [1.54, 1.807) is 32.3 Å². The summed E-state index contributed by atoms with van der Waals surface area (Å²) in [7, 11) is -2.28. The third-order valence-electron chi connectivity index (χ3n) is 4.26. The SMILES string of the molecule is Cn1c(=O)n(C)c2cc(NC(=O)c3ccc(S(=O)(=O)C(F)(F)F)cc3)ccc21. The Morgan fingerprint density at radius 1 is 0.964 bits per heavy atom. The summed E-state index contributed by atoms with van der Waals surface area (Å²) < 4.78 is 63.3. The molecule has 0 fully saturated rings. The van der Waals surface area contributed by atoms with Gasteiger partial charge in [-0.05, 0) is 42.5 Å². The molecule has 3 rings (SSSR count). The van der Waals surface area contributed by atoms with Gasteiger partial charge in [0.1, 0.15) is 0 Å². The normalized spacial score (nSPS) is 12.3. The topological polar surface area (TPSA) is 90.2 Å². The summed E-state index contributed by atoms with van der Waals surface area (Å²) >= 11 is 0. The molecule has 3 aromatic rings. The molecule has 28 heavy (non-hydrogen) atoms. The average Bonchev–Trinajstić information content (AvgIpc) is 2.85. The Bertz CT molecular complexity index is 1240. The minimum Gasteiger partial charge on any atom is -0.322 e. The van der Waals surface area contributed by atoms with Gasteiger partial charge in [-0.15, -0.1) is 0 Å². The molecule has 1 heterocycles. The molecule has 1 amide bonds. The summed E-state index contributed by atoms with van der Waals surface area (Å²) in [5, 5.41) is 2.56. The van der Waals surface area contributed by atoms with Crippen LogP contribution in [0.25, 0.3) is 11.0 Å². The van der Waals surface area contributed by atoms with Gasteiger partial charge in [0, 0.05) is 25.3 Å². The first-order valence-corrected chi connectivity index (χ1v) is 9.30. The molecule has 0 aliphatic rings. The first-order chi connectivity index (χ1) is 12.9. The molecule has 1 N–H and O–H groups in total. The predicted octanol–water partition coefficient (Wildman–Crippen LogP) is 2.42. The molecule has 148 valence electrons. The number of hydrogen-bond donors (Lipinski definition) is 1. The number of alkyl halides is 3. The van der Waals surface area contributed by atoms with E-state index in [-0.39, 0.29) is 11.3 Å². The molecule has 0 radical (unpaired) electrons. The monoisotopic (exact) mass is 413 g/mol. The summed E-state index contributed by atoms with van der Waals surface area (Å²) in [6.45, 7) is 0. The van der Waals surface area contributed by atoms with Crippen LogP contribution < -0.4 is 11.0 Å². The largest absolute Gasteiger partial charge is 0.501 e. The van der Waals surface area contributed by atoms with E-state index in [1.807, 2.05) is 0 Å². The van der Waals surface area contributed by atoms with Gasteiger partial charge < -0.3 is 5.32 Å². The predicted molar refractivity (Wildman–Crippen MR) is 95.8 cm³/mol. The van der Waals surface area contributed by atoms with Crippen LogP contribution in [-0.4, -0.2) is 29.0 Å². The molecule has 0 bridgehead atoms. The Kier molecular flexibility index (Phi) is 4.58. The molecule has 0 atom stereocenters. The zero-order valence-corrected chi connectivity index (χ0v) is 15.4. The number of rotatable bonds is 3. The number of aryl methyl sites for hydroxylation is 2. The number of fused-ring (bicyclic) bond motifs is 1. The molecule has 0 saturated heterocycles. The molecular formula is C17H14F3N3O4S. The molecule has 2 aromatic carbocycles. The maximum atomic E-state index is 12.6. The van der Waals surface area contributed by atoms with Crippen molar-refractivity contribution in [1.82, 2.24) is 9.13 Å². The first kappa shape index (κ1) is 19.7. The highest BCUT2D eigenvalue weighted by Crippen LogP contribution is 2.30. The summed E-state index contributed by atoms with van der Waals surface area (Å²) in [5.41, 5.74) is -4.07. The fraction of sp³-hybridized carbons (Fsp3) is 0.176. The first-order valence-electron chi connectivity index (χ1n) is 7.82. The Morgan fingerprint density at radius 3 is 2.11 bits per heavy atom. The number of anilines is 1. The van der Waals surface area contributed by atoms with Gasteiger partial charge in [0.15, 0.2) is 0 Å². The third-order valence-corrected chi connectivity index (χ3v) is 5.76. The van der Waals surface area contributed by atoms with E-state index in [4.69, 9.17) is 0 Å². The lowest BCUT2D eigenvalue weighted by molar-refractivity contribution is -0.0436. The molecule has 1 aromatic heterocycles. The minimum atomic E-state index is -5.48. The maximum absolute atomic E-state index is 12.6. The Labute approximate surface area is 156 Å². The number of aromatic nitrogens is 2. The van der Waals surface area contributed by atoms with Crippen molar-refractivity contribution in [1.29, 1.82) is 0 Å². The number of halogens is 3. The highest BCUT2D eigenvalue weighted by Gasteiger charge is 2.46. The van der Waals surface area contributed by atoms with Crippen LogP contribution in [0.15, 0.2) is 52.2 Å². The van der Waals surface area contributed by atoms with Gasteiger partial charge in [-0.25, -0.2) is 13.2 Å². The second-order valence-electron chi connectivity index (χ2n) is 6.03. The standard InChI is InChI=1S/C17H14F3N3O4S/c1-22-13-8-5-11(9-14(13)23(2)16(22)25)21-15(24)10-3-6-12(7-4-10)28(26,27)17(18,19)20/h3-9H,1-2H3,(H,21,24). The molecule has 7 nitrogen and oxygen atoms in total. The van der Waals surface area contributed by atoms with E-state index in [0.29, 0.717) is 16.7 Å². The lowest BCUT2D eigenvalue weighted by atomic mass is 10.2. The van der Waals surface area contributed by atoms with E-state index in [2.05, 4.69) is 5.32 Å². The number of benzene rings is 2. The van der Waals surface area contributed by atoms with Crippen LogP contribution in [0, 0.1) is 0 Å². The zero-order chi connectivity index (χ0) is 20.9. The van der Waals surface area contributed by atoms with Gasteiger partial charge >= 0.3 is 11.2 Å². The van der Waals surface area contributed by atoms with Crippen LogP contribution in [0.4, 0.5) is 18.9 Å². The number of nitrogens with one attached hydrogen (secondary N) is 1. The van der Waals surface area contributed by atoms with Crippen LogP contribution >= 0.6 is 0 Å². The van der Waals surface area contributed by atoms with Gasteiger partial charge in [-0.2, -0.15) is 13.2 Å². The molecule has 0 spiro atoms. The Balaban J connectivity index is 1.87. The van der Waals surface area contributed by atoms with Crippen LogP contribution in [-0.2, 0) is 23.9 Å². The van der Waals surface area contributed by atoms with Crippen molar-refractivity contribution >= 4 is 32.5 Å². The summed E-state index contributed by atoms with van der Waals surface area (Å²) in [4.78, 5) is 23.3. The van der Waals surface area contributed by atoms with Gasteiger partial charge in [0.2, 0.25) is 0 Å². The summed E-state index contributed by atoms with van der Waals surface area (Å²) in [6, 6.07) is 8.23. The van der Waals surface area contributed by atoms with Gasteiger partial charge in [-0.1, -0.05) is 0 Å². The van der Waals surface area contributed by atoms with Crippen molar-refractivity contribution in [3.8, 4) is 0 Å². The molecule has 0 saturated carbocycles. The van der Waals surface area contributed by atoms with Crippen molar-refractivity contribution in [3.05, 3.63) is 58.5 Å². The fourth-order valence-corrected chi connectivity index (χ4v) is 3.47. The van der Waals surface area contributed by atoms with Crippen molar-refractivity contribution in [3.63, 3.8) is 0 Å². The minimum absolute atomic E-state index is 0.0248. The van der Waals surface area contributed by atoms with E-state index in [1.165, 1.54) is 9.13 Å². The van der Waals surface area contributed by atoms with Crippen molar-refractivity contribution in [2.45, 2.75) is 10.4 Å². The van der Waals surface area contributed by atoms with Crippen LogP contribution in [0.2, 0.25) is 0 Å². The Morgan fingerprint density at radius 2 is 1.54 bits per heavy atom.